The first-order chi connectivity index (χ1) is 12.0. The number of hydrogen-bond acceptors (Lipinski definition) is 4. The van der Waals surface area contributed by atoms with Gasteiger partial charge < -0.3 is 5.32 Å². The number of amides is 1. The Kier molecular flexibility index (Phi) is 5.53. The van der Waals surface area contributed by atoms with Crippen molar-refractivity contribution in [1.29, 1.82) is 0 Å². The van der Waals surface area contributed by atoms with E-state index in [4.69, 9.17) is 0 Å². The first-order valence-corrected chi connectivity index (χ1v) is 9.08. The molecule has 0 spiro atoms. The molecule has 25 heavy (non-hydrogen) atoms. The van der Waals surface area contributed by atoms with E-state index in [1.54, 1.807) is 6.20 Å². The Morgan fingerprint density at radius 2 is 2.16 bits per heavy atom. The zero-order chi connectivity index (χ0) is 17.8. The molecule has 1 fully saturated rings. The molecule has 0 atom stereocenters. The predicted molar refractivity (Wildman–Crippen MR) is 97.2 cm³/mol. The quantitative estimate of drug-likeness (QED) is 0.844. The minimum atomic E-state index is -0.0596. The predicted octanol–water partition coefficient (Wildman–Crippen LogP) is 2.60. The van der Waals surface area contributed by atoms with Crippen LogP contribution >= 0.6 is 0 Å². The van der Waals surface area contributed by atoms with Gasteiger partial charge in [0.1, 0.15) is 5.82 Å². The SMILES string of the molecule is CC(=O)Nc1ccnn1C1CCN(Cc2cc(CC(C)C)n[nH]2)CC1. The monoisotopic (exact) mass is 344 g/mol. The molecule has 1 saturated heterocycles. The Morgan fingerprint density at radius 3 is 2.84 bits per heavy atom. The fraction of sp³-hybridized carbons (Fsp3) is 0.611. The Bertz CT molecular complexity index is 696. The van der Waals surface area contributed by atoms with E-state index in [2.05, 4.69) is 45.4 Å². The summed E-state index contributed by atoms with van der Waals surface area (Å²) in [5.41, 5.74) is 2.34. The van der Waals surface area contributed by atoms with Gasteiger partial charge >= 0.3 is 0 Å². The van der Waals surface area contributed by atoms with Gasteiger partial charge in [0.05, 0.1) is 17.9 Å². The molecule has 0 aromatic carbocycles. The highest BCUT2D eigenvalue weighted by molar-refractivity contribution is 5.87. The van der Waals surface area contributed by atoms with Crippen molar-refractivity contribution in [3.8, 4) is 0 Å². The van der Waals surface area contributed by atoms with Gasteiger partial charge in [-0.3, -0.25) is 14.8 Å². The van der Waals surface area contributed by atoms with Crippen molar-refractivity contribution < 1.29 is 4.79 Å². The van der Waals surface area contributed by atoms with E-state index in [-0.39, 0.29) is 5.91 Å². The highest BCUT2D eigenvalue weighted by Crippen LogP contribution is 2.26. The molecular weight excluding hydrogens is 316 g/mol. The van der Waals surface area contributed by atoms with Crippen molar-refractivity contribution in [2.24, 2.45) is 5.92 Å². The van der Waals surface area contributed by atoms with Crippen LogP contribution in [0.5, 0.6) is 0 Å². The summed E-state index contributed by atoms with van der Waals surface area (Å²) in [6.45, 7) is 8.89. The molecule has 2 aromatic heterocycles. The van der Waals surface area contributed by atoms with Gasteiger partial charge in [0.2, 0.25) is 5.91 Å². The van der Waals surface area contributed by atoms with E-state index in [1.807, 2.05) is 10.7 Å². The number of piperidine rings is 1. The molecule has 3 heterocycles. The van der Waals surface area contributed by atoms with Gasteiger partial charge in [-0.2, -0.15) is 10.2 Å². The molecule has 2 aromatic rings. The summed E-state index contributed by atoms with van der Waals surface area (Å²) in [6.07, 6.45) is 4.82. The fourth-order valence-corrected chi connectivity index (χ4v) is 3.46. The second-order valence-corrected chi connectivity index (χ2v) is 7.33. The molecule has 0 unspecified atom stereocenters. The zero-order valence-corrected chi connectivity index (χ0v) is 15.3. The summed E-state index contributed by atoms with van der Waals surface area (Å²) in [4.78, 5) is 13.7. The van der Waals surface area contributed by atoms with E-state index < -0.39 is 0 Å². The first-order valence-electron chi connectivity index (χ1n) is 9.08. The van der Waals surface area contributed by atoms with Gasteiger partial charge in [-0.25, -0.2) is 4.68 Å². The summed E-state index contributed by atoms with van der Waals surface area (Å²) in [5.74, 6) is 1.35. The van der Waals surface area contributed by atoms with E-state index in [1.165, 1.54) is 12.6 Å². The van der Waals surface area contributed by atoms with Crippen molar-refractivity contribution in [3.63, 3.8) is 0 Å². The molecule has 0 radical (unpaired) electrons. The molecule has 3 rings (SSSR count). The van der Waals surface area contributed by atoms with Crippen molar-refractivity contribution >= 4 is 11.7 Å². The Labute approximate surface area is 148 Å². The highest BCUT2D eigenvalue weighted by atomic mass is 16.1. The normalized spacial score (nSPS) is 16.5. The lowest BCUT2D eigenvalue weighted by atomic mass is 10.0. The average molecular weight is 344 g/mol. The number of nitrogens with one attached hydrogen (secondary N) is 2. The third-order valence-electron chi connectivity index (χ3n) is 4.57. The van der Waals surface area contributed by atoms with Crippen LogP contribution in [0, 0.1) is 5.92 Å². The van der Waals surface area contributed by atoms with E-state index >= 15 is 0 Å². The molecule has 7 heteroatoms. The highest BCUT2D eigenvalue weighted by Gasteiger charge is 2.23. The van der Waals surface area contributed by atoms with E-state index in [0.29, 0.717) is 12.0 Å². The Balaban J connectivity index is 1.53. The van der Waals surface area contributed by atoms with Crippen molar-refractivity contribution in [2.45, 2.75) is 52.6 Å². The van der Waals surface area contributed by atoms with Crippen molar-refractivity contribution in [2.75, 3.05) is 18.4 Å². The summed E-state index contributed by atoms with van der Waals surface area (Å²) in [6, 6.07) is 4.38. The van der Waals surface area contributed by atoms with Crippen LogP contribution in [-0.2, 0) is 17.8 Å². The number of carbonyl (C=O) groups is 1. The molecule has 1 amide bonds. The molecule has 136 valence electrons. The smallest absolute Gasteiger partial charge is 0.222 e. The second-order valence-electron chi connectivity index (χ2n) is 7.33. The number of aromatic amines is 1. The van der Waals surface area contributed by atoms with Crippen molar-refractivity contribution in [3.05, 3.63) is 29.7 Å². The number of anilines is 1. The largest absolute Gasteiger partial charge is 0.311 e. The van der Waals surface area contributed by atoms with Gasteiger partial charge in [-0.1, -0.05) is 13.8 Å². The van der Waals surface area contributed by atoms with Crippen LogP contribution in [0.4, 0.5) is 5.82 Å². The number of H-pyrrole nitrogens is 1. The van der Waals surface area contributed by atoms with Crippen LogP contribution in [0.2, 0.25) is 0 Å². The molecule has 7 nitrogen and oxygen atoms in total. The lowest BCUT2D eigenvalue weighted by molar-refractivity contribution is -0.114. The van der Waals surface area contributed by atoms with Crippen molar-refractivity contribution in [1.82, 2.24) is 24.9 Å². The van der Waals surface area contributed by atoms with Gasteiger partial charge in [-0.15, -0.1) is 0 Å². The van der Waals surface area contributed by atoms with Crippen LogP contribution in [0.25, 0.3) is 0 Å². The summed E-state index contributed by atoms with van der Waals surface area (Å²) in [5, 5.41) is 14.8. The minimum absolute atomic E-state index is 0.0596. The molecule has 0 aliphatic carbocycles. The number of carbonyl (C=O) groups excluding carboxylic acids is 1. The fourth-order valence-electron chi connectivity index (χ4n) is 3.46. The van der Waals surface area contributed by atoms with Gasteiger partial charge in [0.25, 0.3) is 0 Å². The lowest BCUT2D eigenvalue weighted by Crippen LogP contribution is -2.35. The summed E-state index contributed by atoms with van der Waals surface area (Å²) < 4.78 is 1.95. The molecular formula is C18H28N6O. The lowest BCUT2D eigenvalue weighted by Gasteiger charge is -2.32. The van der Waals surface area contributed by atoms with E-state index in [9.17, 15) is 4.79 Å². The zero-order valence-electron chi connectivity index (χ0n) is 15.3. The summed E-state index contributed by atoms with van der Waals surface area (Å²) >= 11 is 0. The van der Waals surface area contributed by atoms with Crippen LogP contribution in [0.15, 0.2) is 18.3 Å². The standard InChI is InChI=1S/C18H28N6O/c1-13(2)10-15-11-16(22-21-15)12-23-8-5-17(6-9-23)24-18(4-7-19-24)20-14(3)25/h4,7,11,13,17H,5-6,8-10,12H2,1-3H3,(H,20,25)(H,21,22). The molecule has 1 aliphatic heterocycles. The van der Waals surface area contributed by atoms with Crippen LogP contribution in [-0.4, -0.2) is 43.9 Å². The van der Waals surface area contributed by atoms with Gasteiger partial charge in [0.15, 0.2) is 0 Å². The maximum Gasteiger partial charge on any atom is 0.222 e. The topological polar surface area (TPSA) is 78.8 Å². The number of likely N-dealkylation sites (tertiary alicyclic amines) is 1. The minimum Gasteiger partial charge on any atom is -0.311 e. The number of aromatic nitrogens is 4. The molecule has 1 aliphatic rings. The molecule has 2 N–H and O–H groups in total. The number of hydrogen-bond donors (Lipinski definition) is 2. The Morgan fingerprint density at radius 1 is 1.40 bits per heavy atom. The molecule has 0 bridgehead atoms. The first kappa shape index (κ1) is 17.7. The Hall–Kier alpha value is -2.15. The number of nitrogens with zero attached hydrogens (tertiary/aromatic N) is 4. The third-order valence-corrected chi connectivity index (χ3v) is 4.57. The average Bonchev–Trinajstić information content (AvgIpc) is 3.17. The molecule has 0 saturated carbocycles. The number of rotatable bonds is 6. The van der Waals surface area contributed by atoms with Gasteiger partial charge in [0, 0.05) is 38.3 Å². The van der Waals surface area contributed by atoms with Crippen LogP contribution in [0.3, 0.4) is 0 Å². The van der Waals surface area contributed by atoms with Crippen LogP contribution < -0.4 is 5.32 Å². The van der Waals surface area contributed by atoms with Crippen LogP contribution in [0.1, 0.15) is 51.0 Å². The van der Waals surface area contributed by atoms with Gasteiger partial charge in [-0.05, 0) is 31.2 Å². The maximum absolute atomic E-state index is 11.3. The van der Waals surface area contributed by atoms with E-state index in [0.717, 1.165) is 50.4 Å². The second kappa shape index (κ2) is 7.82. The maximum atomic E-state index is 11.3. The summed E-state index contributed by atoms with van der Waals surface area (Å²) in [7, 11) is 0. The third kappa shape index (κ3) is 4.69.